The van der Waals surface area contributed by atoms with E-state index in [0.717, 1.165) is 33.3 Å². The number of nitrogens with one attached hydrogen (secondary N) is 6. The first-order valence-electron chi connectivity index (χ1n) is 41.5. The Morgan fingerprint density at radius 1 is 0.357 bits per heavy atom. The third-order valence-corrected chi connectivity index (χ3v) is 20.0. The van der Waals surface area contributed by atoms with E-state index in [1.165, 1.54) is 37.4 Å². The van der Waals surface area contributed by atoms with E-state index in [2.05, 4.69) is 108 Å². The fourth-order valence-corrected chi connectivity index (χ4v) is 13.2. The summed E-state index contributed by atoms with van der Waals surface area (Å²) in [6.07, 6.45) is 7.69. The maximum absolute atomic E-state index is 14.9. The van der Waals surface area contributed by atoms with Crippen molar-refractivity contribution in [2.24, 2.45) is 0 Å². The van der Waals surface area contributed by atoms with Crippen LogP contribution in [0.1, 0.15) is 197 Å². The number of benzene rings is 3. The molecule has 40 heteroatoms. The van der Waals surface area contributed by atoms with Gasteiger partial charge in [-0.05, 0) is 96.8 Å². The molecule has 0 saturated carbocycles. The van der Waals surface area contributed by atoms with Crippen molar-refractivity contribution in [2.75, 3.05) is 54.8 Å². The van der Waals surface area contributed by atoms with Crippen molar-refractivity contribution in [3.8, 4) is 45.2 Å². The number of aromatic nitrogens is 21. The maximum atomic E-state index is 14.9. The van der Waals surface area contributed by atoms with Gasteiger partial charge in [-0.1, -0.05) is 152 Å². The molecule has 0 saturated heterocycles. The van der Waals surface area contributed by atoms with Crippen LogP contribution in [-0.2, 0) is 44.1 Å². The van der Waals surface area contributed by atoms with Gasteiger partial charge in [-0.3, -0.25) is 25.2 Å². The molecule has 670 valence electrons. The first-order valence-corrected chi connectivity index (χ1v) is 41.5. The molecular formula is C89H104FN31O8. The van der Waals surface area contributed by atoms with Crippen molar-refractivity contribution in [3.05, 3.63) is 175 Å². The largest absolute Gasteiger partial charge is 0.383 e. The number of carbonyl (C=O) groups is 4. The lowest BCUT2D eigenvalue weighted by Gasteiger charge is -2.12. The molecule has 16 rings (SSSR count). The van der Waals surface area contributed by atoms with Crippen LogP contribution in [0.15, 0.2) is 153 Å². The van der Waals surface area contributed by atoms with Crippen molar-refractivity contribution in [3.63, 3.8) is 0 Å². The van der Waals surface area contributed by atoms with Crippen LogP contribution in [0.25, 0.3) is 89.3 Å². The molecule has 0 fully saturated rings. The first-order chi connectivity index (χ1) is 60.9. The zero-order valence-corrected chi connectivity index (χ0v) is 75.3. The summed E-state index contributed by atoms with van der Waals surface area (Å²) >= 11 is 0. The van der Waals surface area contributed by atoms with E-state index < -0.39 is 17.9 Å². The highest BCUT2D eigenvalue weighted by molar-refractivity contribution is 6.04. The van der Waals surface area contributed by atoms with Gasteiger partial charge in [0, 0.05) is 98.7 Å². The van der Waals surface area contributed by atoms with Crippen molar-refractivity contribution in [1.82, 2.24) is 105 Å². The maximum Gasteiger partial charge on any atom is 0.325 e. The molecule has 0 unspecified atom stereocenters. The number of nitrogens with two attached hydrogens (primary N) is 4. The number of fused-ring (bicyclic) bond motifs is 4. The third-order valence-electron chi connectivity index (χ3n) is 20.0. The standard InChI is InChI=1S/C23H27N7O2.C22H25FN8O2.2C22H26N8O2/c1-13(2)30-22-19(21(24)25-12-26-22)20(28-30)15-8-6-14(7-9-15)10-18(31)27-17-11-16(32-29-17)23(3,4)5;1-11(2)31-20-17(19(24)25-10-26-20)18(29-31)12-6-7-14(13(23)8-12)27-21(32)28-16-9-15(33-30-16)22(3,4)5;1-12(2)30-20-17(19(23)24-11-25-20)18(28-30)13-6-8-14(9-7-13)26-21(31)27-16-10-15(32-29-16)22(3,4)5;1-12(2)30-21-18(20(23)25-11-26-21)19(28-30)14-7-6-13(10-24-14)8-17(31)27-16-9-15(32-29-16)22(3,4)5/h6-9,11-13H,10H2,1-5H3,(H2,24,25,26)(H,27,29,31);6-11H,1-5H3,(H2,24,25,26)(H2,27,28,30,32);6-12H,1-5H3,(H2,23,24,25)(H2,26,27,29,31);6-7,9-12H,8H2,1-5H3,(H2,23,25,26)(H,27,29,31). The van der Waals surface area contributed by atoms with E-state index in [1.807, 2.05) is 196 Å². The van der Waals surface area contributed by atoms with Gasteiger partial charge in [0.15, 0.2) is 45.9 Å². The molecule has 0 spiro atoms. The summed E-state index contributed by atoms with van der Waals surface area (Å²) in [7, 11) is 0. The minimum absolute atomic E-state index is 0.00684. The summed E-state index contributed by atoms with van der Waals surface area (Å²) in [5, 5.41) is 52.9. The fourth-order valence-electron chi connectivity index (χ4n) is 13.2. The number of hydrogen-bond acceptors (Lipinski definition) is 29. The average molecular weight is 1760 g/mol. The summed E-state index contributed by atoms with van der Waals surface area (Å²) < 4.78 is 43.2. The molecule has 14 N–H and O–H groups in total. The Morgan fingerprint density at radius 2 is 0.667 bits per heavy atom. The zero-order chi connectivity index (χ0) is 93.0. The number of amides is 6. The summed E-state index contributed by atoms with van der Waals surface area (Å²) in [6.45, 7) is 40.1. The summed E-state index contributed by atoms with van der Waals surface area (Å²) in [4.78, 5) is 87.8. The van der Waals surface area contributed by atoms with Gasteiger partial charge in [-0.15, -0.1) is 0 Å². The van der Waals surface area contributed by atoms with Gasteiger partial charge in [-0.2, -0.15) is 20.4 Å². The molecule has 0 aliphatic heterocycles. The third kappa shape index (κ3) is 21.0. The topological polar surface area (TPSA) is 536 Å². The number of anilines is 10. The van der Waals surface area contributed by atoms with Crippen molar-refractivity contribution in [2.45, 2.75) is 197 Å². The van der Waals surface area contributed by atoms with Crippen LogP contribution in [-0.4, -0.2) is 128 Å². The predicted molar refractivity (Wildman–Crippen MR) is 491 cm³/mol. The Bertz CT molecular complexity index is 6270. The zero-order valence-electron chi connectivity index (χ0n) is 75.3. The molecule has 129 heavy (non-hydrogen) atoms. The molecule has 3 aromatic carbocycles. The highest BCUT2D eigenvalue weighted by atomic mass is 19.1. The molecule has 13 heterocycles. The molecule has 0 aliphatic rings. The predicted octanol–water partition coefficient (Wildman–Crippen LogP) is 17.0. The number of halogens is 1. The summed E-state index contributed by atoms with van der Waals surface area (Å²) in [5.74, 6) is 4.48. The number of rotatable bonds is 18. The second kappa shape index (κ2) is 36.9. The van der Waals surface area contributed by atoms with Crippen molar-refractivity contribution < 1.29 is 41.7 Å². The fraction of sp³-hybridized carbons (Fsp3) is 0.337. The number of urea groups is 2. The van der Waals surface area contributed by atoms with Gasteiger partial charge in [0.2, 0.25) is 11.8 Å². The highest BCUT2D eigenvalue weighted by Gasteiger charge is 2.29. The first kappa shape index (κ1) is 91.2. The molecule has 0 aliphatic carbocycles. The van der Waals surface area contributed by atoms with Crippen LogP contribution >= 0.6 is 0 Å². The van der Waals surface area contributed by atoms with E-state index in [1.54, 1.807) is 58.0 Å². The van der Waals surface area contributed by atoms with Crippen LogP contribution in [0.5, 0.6) is 0 Å². The highest BCUT2D eigenvalue weighted by Crippen LogP contribution is 2.39. The Balaban J connectivity index is 0.000000147. The van der Waals surface area contributed by atoms with Crippen molar-refractivity contribution in [1.29, 1.82) is 0 Å². The minimum atomic E-state index is -0.650. The molecule has 0 atom stereocenters. The van der Waals surface area contributed by atoms with E-state index in [0.29, 0.717) is 131 Å². The van der Waals surface area contributed by atoms with Crippen LogP contribution < -0.4 is 54.8 Å². The molecule has 6 amide bonds. The molecule has 13 aromatic heterocycles. The second-order valence-corrected chi connectivity index (χ2v) is 35.8. The Kier molecular flexibility index (Phi) is 26.1. The number of carbonyl (C=O) groups excluding carboxylic acids is 4. The molecule has 16 aromatic rings. The van der Waals surface area contributed by atoms with Crippen LogP contribution in [0.3, 0.4) is 0 Å². The smallest absolute Gasteiger partial charge is 0.325 e. The van der Waals surface area contributed by atoms with Crippen LogP contribution in [0.2, 0.25) is 0 Å². The Morgan fingerprint density at radius 3 is 1.00 bits per heavy atom. The Labute approximate surface area is 740 Å². The molecular weight excluding hydrogens is 1650 g/mol. The number of pyridine rings is 1. The molecule has 0 bridgehead atoms. The lowest BCUT2D eigenvalue weighted by Crippen LogP contribution is -2.20. The lowest BCUT2D eigenvalue weighted by molar-refractivity contribution is -0.116. The van der Waals surface area contributed by atoms with E-state index in [9.17, 15) is 23.6 Å². The van der Waals surface area contributed by atoms with Gasteiger partial charge in [0.25, 0.3) is 0 Å². The van der Waals surface area contributed by atoms with E-state index >= 15 is 0 Å². The van der Waals surface area contributed by atoms with Crippen LogP contribution in [0.4, 0.5) is 71.9 Å². The second-order valence-electron chi connectivity index (χ2n) is 35.8. The van der Waals surface area contributed by atoms with E-state index in [-0.39, 0.29) is 87.8 Å². The summed E-state index contributed by atoms with van der Waals surface area (Å²) in [6, 6.07) is 29.1. The average Bonchev–Trinajstić information content (AvgIpc) is 1.63. The minimum Gasteiger partial charge on any atom is -0.383 e. The quantitative estimate of drug-likeness (QED) is 0.0381. The van der Waals surface area contributed by atoms with Crippen LogP contribution in [0, 0.1) is 5.82 Å². The van der Waals surface area contributed by atoms with Gasteiger partial charge in [0.05, 0.1) is 45.8 Å². The lowest BCUT2D eigenvalue weighted by atomic mass is 9.93. The van der Waals surface area contributed by atoms with Crippen molar-refractivity contribution >= 4 is 126 Å². The number of nitrogens with zero attached hydrogens (tertiary/aromatic N) is 21. The molecule has 39 nitrogen and oxygen atoms in total. The monoisotopic (exact) mass is 1750 g/mol. The van der Waals surface area contributed by atoms with Gasteiger partial charge in [-0.25, -0.2) is 72.6 Å². The molecule has 0 radical (unpaired) electrons. The Hall–Kier alpha value is -15.5. The number of hydrogen-bond donors (Lipinski definition) is 10. The van der Waals surface area contributed by atoms with Gasteiger partial charge < -0.3 is 62.3 Å². The number of nitrogen functional groups attached to an aromatic ring is 4. The van der Waals surface area contributed by atoms with Gasteiger partial charge >= 0.3 is 12.1 Å². The van der Waals surface area contributed by atoms with E-state index in [4.69, 9.17) is 51.2 Å². The summed E-state index contributed by atoms with van der Waals surface area (Å²) in [5.41, 5.74) is 33.8. The van der Waals surface area contributed by atoms with Gasteiger partial charge in [0.1, 0.15) is 100 Å². The SMILES string of the molecule is CC(C)n1nc(-c2ccc(CC(=O)Nc3cc(C(C)(C)C)on3)cc2)c2c(N)ncnc21.CC(C)n1nc(-c2ccc(CC(=O)Nc3cc(C(C)(C)C)on3)cn2)c2c(N)ncnc21.CC(C)n1nc(-c2ccc(NC(=O)Nc3cc(C(C)(C)C)on3)c(F)c2)c2c(N)ncnc21.CC(C)n1nc(-c2ccc(NC(=O)Nc3cc(C(C)(C)C)on3)cc2)c2c(N)ncnc21. The normalized spacial score (nSPS) is 11.9.